The van der Waals surface area contributed by atoms with Crippen molar-refractivity contribution < 1.29 is 9.84 Å². The summed E-state index contributed by atoms with van der Waals surface area (Å²) in [5, 5.41) is 11.4. The molecule has 0 radical (unpaired) electrons. The highest BCUT2D eigenvalue weighted by molar-refractivity contribution is 5.87. The van der Waals surface area contributed by atoms with Gasteiger partial charge >= 0.3 is 0 Å². The molecular formula is C33H50O2. The average Bonchev–Trinajstić information content (AvgIpc) is 2.77. The quantitative estimate of drug-likeness (QED) is 0.395. The topological polar surface area (TPSA) is 29.5 Å². The fraction of sp³-hybridized carbons (Fsp3) is 0.515. The molecule has 1 unspecified atom stereocenters. The number of aromatic hydroxyl groups is 1. The van der Waals surface area contributed by atoms with Crippen LogP contribution < -0.4 is 4.74 Å². The van der Waals surface area contributed by atoms with Crippen LogP contribution >= 0.6 is 0 Å². The molecule has 0 spiro atoms. The summed E-state index contributed by atoms with van der Waals surface area (Å²) < 4.78 is 5.24. The van der Waals surface area contributed by atoms with Crippen molar-refractivity contribution in [2.45, 2.75) is 87.5 Å². The Hall–Kier alpha value is -2.48. The van der Waals surface area contributed by atoms with Crippen LogP contribution in [0.15, 0.2) is 66.7 Å². The van der Waals surface area contributed by atoms with Crippen LogP contribution in [0.1, 0.15) is 93.1 Å². The number of methoxy groups -OCH3 is 1. The molecule has 3 aromatic rings. The first-order chi connectivity index (χ1) is 16.3. The van der Waals surface area contributed by atoms with Crippen LogP contribution in [-0.4, -0.2) is 12.2 Å². The summed E-state index contributed by atoms with van der Waals surface area (Å²) in [5.41, 5.74) is 2.04. The van der Waals surface area contributed by atoms with Crippen LogP contribution in [0, 0.1) is 16.7 Å². The lowest BCUT2D eigenvalue weighted by Crippen LogP contribution is -2.23. The van der Waals surface area contributed by atoms with Crippen LogP contribution in [0.5, 0.6) is 11.5 Å². The molecule has 0 amide bonds. The maximum Gasteiger partial charge on any atom is 0.123 e. The molecule has 0 bridgehead atoms. The van der Waals surface area contributed by atoms with E-state index in [1.807, 2.05) is 36.4 Å². The van der Waals surface area contributed by atoms with Gasteiger partial charge < -0.3 is 9.84 Å². The summed E-state index contributed by atoms with van der Waals surface area (Å²) in [5.74, 6) is 2.75. The largest absolute Gasteiger partial charge is 0.507 e. The third-order valence-electron chi connectivity index (χ3n) is 6.01. The number of phenolic OH excluding ortho intramolecular Hbond substituents is 1. The molecule has 0 saturated heterocycles. The van der Waals surface area contributed by atoms with Gasteiger partial charge in [-0.25, -0.2) is 0 Å². The predicted octanol–water partition coefficient (Wildman–Crippen LogP) is 10.2. The van der Waals surface area contributed by atoms with Crippen molar-refractivity contribution in [3.8, 4) is 11.5 Å². The van der Waals surface area contributed by atoms with Gasteiger partial charge in [-0.1, -0.05) is 124 Å². The summed E-state index contributed by atoms with van der Waals surface area (Å²) in [6.45, 7) is 20.7. The van der Waals surface area contributed by atoms with E-state index in [4.69, 9.17) is 4.74 Å². The van der Waals surface area contributed by atoms with Crippen molar-refractivity contribution in [1.29, 1.82) is 0 Å². The summed E-state index contributed by atoms with van der Waals surface area (Å²) in [7, 11) is 1.71. The molecule has 0 aliphatic rings. The van der Waals surface area contributed by atoms with E-state index in [0.717, 1.165) is 22.4 Å². The molecule has 0 heterocycles. The summed E-state index contributed by atoms with van der Waals surface area (Å²) in [6.07, 6.45) is 3.90. The van der Waals surface area contributed by atoms with Crippen molar-refractivity contribution in [1.82, 2.24) is 0 Å². The van der Waals surface area contributed by atoms with E-state index in [1.54, 1.807) is 13.2 Å². The van der Waals surface area contributed by atoms with E-state index in [0.29, 0.717) is 17.1 Å². The molecule has 0 saturated carbocycles. The molecule has 0 aliphatic carbocycles. The number of rotatable bonds is 5. The molecule has 2 nitrogen and oxygen atoms in total. The Morgan fingerprint density at radius 3 is 1.80 bits per heavy atom. The molecule has 1 atom stereocenters. The number of hydrogen-bond acceptors (Lipinski definition) is 2. The van der Waals surface area contributed by atoms with E-state index in [1.165, 1.54) is 24.8 Å². The minimum atomic E-state index is 0.280. The molecule has 0 aromatic heterocycles. The number of ether oxygens (including phenoxy) is 1. The van der Waals surface area contributed by atoms with Crippen molar-refractivity contribution in [3.63, 3.8) is 0 Å². The molecule has 2 heteroatoms. The van der Waals surface area contributed by atoms with Crippen LogP contribution in [0.4, 0.5) is 0 Å². The molecule has 35 heavy (non-hydrogen) atoms. The van der Waals surface area contributed by atoms with Gasteiger partial charge in [0, 0.05) is 5.39 Å². The molecule has 1 N–H and O–H groups in total. The van der Waals surface area contributed by atoms with E-state index < -0.39 is 0 Å². The summed E-state index contributed by atoms with van der Waals surface area (Å²) in [4.78, 5) is 0. The summed E-state index contributed by atoms with van der Waals surface area (Å²) >= 11 is 0. The highest BCUT2D eigenvalue weighted by Gasteiger charge is 2.30. The van der Waals surface area contributed by atoms with E-state index in [-0.39, 0.29) is 5.41 Å². The van der Waals surface area contributed by atoms with Gasteiger partial charge in [-0.2, -0.15) is 0 Å². The van der Waals surface area contributed by atoms with Gasteiger partial charge in [0.05, 0.1) is 7.11 Å². The molecule has 0 aliphatic heterocycles. The Morgan fingerprint density at radius 2 is 1.37 bits per heavy atom. The number of hydrogen-bond donors (Lipinski definition) is 1. The third kappa shape index (κ3) is 11.7. The SMILES string of the molecule is CCCC(C)C.COc1ccc(C(CC(C)(C)C)C(C)(C)C)cc1.Oc1cccc2ccccc12. The Balaban J connectivity index is 0.000000303. The lowest BCUT2D eigenvalue weighted by molar-refractivity contribution is 0.229. The first kappa shape index (κ1) is 30.6. The zero-order valence-corrected chi connectivity index (χ0v) is 24.0. The van der Waals surface area contributed by atoms with Gasteiger partial charge in [-0.3, -0.25) is 0 Å². The van der Waals surface area contributed by atoms with Crippen molar-refractivity contribution in [2.24, 2.45) is 16.7 Å². The molecular weight excluding hydrogens is 428 g/mol. The number of fused-ring (bicyclic) bond motifs is 1. The van der Waals surface area contributed by atoms with E-state index in [9.17, 15) is 5.11 Å². The monoisotopic (exact) mass is 478 g/mol. The maximum absolute atomic E-state index is 9.37. The van der Waals surface area contributed by atoms with Crippen molar-refractivity contribution >= 4 is 10.8 Å². The third-order valence-corrected chi connectivity index (χ3v) is 6.01. The lowest BCUT2D eigenvalue weighted by atomic mass is 9.69. The Kier molecular flexibility index (Phi) is 12.4. The van der Waals surface area contributed by atoms with Gasteiger partial charge in [0.15, 0.2) is 0 Å². The van der Waals surface area contributed by atoms with E-state index in [2.05, 4.69) is 86.6 Å². The van der Waals surface area contributed by atoms with Crippen molar-refractivity contribution in [2.75, 3.05) is 7.11 Å². The molecule has 3 rings (SSSR count). The van der Waals surface area contributed by atoms with Gasteiger partial charge in [-0.05, 0) is 58.2 Å². The predicted molar refractivity (Wildman–Crippen MR) is 155 cm³/mol. The average molecular weight is 479 g/mol. The fourth-order valence-corrected chi connectivity index (χ4v) is 4.16. The van der Waals surface area contributed by atoms with Crippen LogP contribution in [0.3, 0.4) is 0 Å². The fourth-order valence-electron chi connectivity index (χ4n) is 4.16. The first-order valence-electron chi connectivity index (χ1n) is 13.1. The van der Waals surface area contributed by atoms with Crippen LogP contribution in [0.25, 0.3) is 10.8 Å². The molecule has 3 aromatic carbocycles. The van der Waals surface area contributed by atoms with Gasteiger partial charge in [-0.15, -0.1) is 0 Å². The normalized spacial score (nSPS) is 12.3. The zero-order valence-electron chi connectivity index (χ0n) is 24.0. The second kappa shape index (κ2) is 14.2. The minimum Gasteiger partial charge on any atom is -0.507 e. The standard InChI is InChI=1S/C17H28O.C10H8O.C6H14/c1-16(2,3)12-15(17(4,5)6)13-8-10-14(18-7)11-9-13;11-10-7-3-5-8-4-1-2-6-9(8)10;1-4-5-6(2)3/h8-11,15H,12H2,1-7H3;1-7,11H;6H,4-5H2,1-3H3. The zero-order chi connectivity index (χ0) is 26.6. The van der Waals surface area contributed by atoms with E-state index >= 15 is 0 Å². The summed E-state index contributed by atoms with van der Waals surface area (Å²) in [6, 6.07) is 21.8. The molecule has 194 valence electrons. The minimum absolute atomic E-state index is 0.280. The Bertz CT molecular complexity index is 967. The lowest BCUT2D eigenvalue weighted by Gasteiger charge is -2.36. The highest BCUT2D eigenvalue weighted by atomic mass is 16.5. The first-order valence-corrected chi connectivity index (χ1v) is 13.1. The van der Waals surface area contributed by atoms with Gasteiger partial charge in [0.1, 0.15) is 11.5 Å². The maximum atomic E-state index is 9.37. The van der Waals surface area contributed by atoms with Crippen LogP contribution in [-0.2, 0) is 0 Å². The Labute approximate surface area is 215 Å². The smallest absolute Gasteiger partial charge is 0.123 e. The second-order valence-electron chi connectivity index (χ2n) is 12.1. The van der Waals surface area contributed by atoms with Gasteiger partial charge in [0.2, 0.25) is 0 Å². The molecule has 0 fully saturated rings. The number of benzene rings is 3. The second-order valence-corrected chi connectivity index (χ2v) is 12.1. The van der Waals surface area contributed by atoms with Crippen LogP contribution in [0.2, 0.25) is 0 Å². The van der Waals surface area contributed by atoms with Crippen molar-refractivity contribution in [3.05, 3.63) is 72.3 Å². The number of phenols is 1. The Morgan fingerprint density at radius 1 is 0.800 bits per heavy atom. The highest BCUT2D eigenvalue weighted by Crippen LogP contribution is 2.43. The van der Waals surface area contributed by atoms with Gasteiger partial charge in [0.25, 0.3) is 0 Å².